The second-order valence-corrected chi connectivity index (χ2v) is 8.88. The number of hydrogen-bond acceptors (Lipinski definition) is 6. The lowest BCUT2D eigenvalue weighted by Gasteiger charge is -2.17. The molecule has 2 aromatic heterocycles. The molecule has 0 atom stereocenters. The van der Waals surface area contributed by atoms with Gasteiger partial charge in [-0.3, -0.25) is 19.7 Å². The summed E-state index contributed by atoms with van der Waals surface area (Å²) in [5.74, 6) is 0.00561. The molecule has 0 spiro atoms. The number of hydrogen-bond donors (Lipinski definition) is 0. The number of anilines is 1. The number of thiazole rings is 1. The monoisotopic (exact) mass is 455 g/mol. The lowest BCUT2D eigenvalue weighted by atomic mass is 10.1. The number of amides is 2. The molecule has 0 unspecified atom stereocenters. The van der Waals surface area contributed by atoms with E-state index in [4.69, 9.17) is 11.6 Å². The first-order valence-electron chi connectivity index (χ1n) is 10.00. The van der Waals surface area contributed by atoms with Gasteiger partial charge in [0.1, 0.15) is 0 Å². The number of ketones is 1. The second kappa shape index (κ2) is 9.11. The Morgan fingerprint density at radius 3 is 2.77 bits per heavy atom. The highest BCUT2D eigenvalue weighted by Crippen LogP contribution is 2.30. The van der Waals surface area contributed by atoms with Crippen LogP contribution < -0.4 is 4.90 Å². The molecule has 31 heavy (non-hydrogen) atoms. The van der Waals surface area contributed by atoms with Crippen LogP contribution in [0.1, 0.15) is 38.7 Å². The van der Waals surface area contributed by atoms with E-state index in [2.05, 4.69) is 15.0 Å². The van der Waals surface area contributed by atoms with Crippen LogP contribution in [0, 0.1) is 13.8 Å². The average molecular weight is 456 g/mol. The Hall–Kier alpha value is -2.84. The summed E-state index contributed by atoms with van der Waals surface area (Å²) >= 11 is 7.33. The zero-order valence-electron chi connectivity index (χ0n) is 17.3. The van der Waals surface area contributed by atoms with Crippen molar-refractivity contribution in [2.24, 2.45) is 0 Å². The van der Waals surface area contributed by atoms with Crippen molar-refractivity contribution < 1.29 is 9.59 Å². The van der Waals surface area contributed by atoms with Crippen LogP contribution in [0.4, 0.5) is 9.93 Å². The predicted molar refractivity (Wildman–Crippen MR) is 121 cm³/mol. The minimum atomic E-state index is -0.109. The van der Waals surface area contributed by atoms with Crippen LogP contribution in [-0.4, -0.2) is 44.8 Å². The molecular formula is C22H22ClN5O2S. The van der Waals surface area contributed by atoms with E-state index in [0.717, 1.165) is 17.0 Å². The molecule has 3 aromatic rings. The SMILES string of the molecule is Cc1cnc(CCC(=O)c2sc(N3CCN(Cc4cccc(Cl)c4)C3=O)nc2C)cn1. The molecule has 0 aliphatic carbocycles. The van der Waals surface area contributed by atoms with Gasteiger partial charge in [0.05, 0.1) is 22.0 Å². The van der Waals surface area contributed by atoms with Crippen molar-refractivity contribution in [1.29, 1.82) is 0 Å². The first kappa shape index (κ1) is 21.4. The molecule has 7 nitrogen and oxygen atoms in total. The quantitative estimate of drug-likeness (QED) is 0.491. The number of aryl methyl sites for hydroxylation is 3. The number of aromatic nitrogens is 3. The van der Waals surface area contributed by atoms with Gasteiger partial charge in [-0.1, -0.05) is 35.1 Å². The van der Waals surface area contributed by atoms with Gasteiger partial charge in [-0.25, -0.2) is 9.78 Å². The normalized spacial score (nSPS) is 13.8. The highest BCUT2D eigenvalue weighted by atomic mass is 35.5. The molecule has 1 aliphatic rings. The molecule has 160 valence electrons. The molecule has 0 N–H and O–H groups in total. The molecule has 9 heteroatoms. The first-order chi connectivity index (χ1) is 14.9. The van der Waals surface area contributed by atoms with E-state index in [1.165, 1.54) is 11.3 Å². The number of rotatable bonds is 7. The predicted octanol–water partition coefficient (Wildman–Crippen LogP) is 4.46. The lowest BCUT2D eigenvalue weighted by molar-refractivity contribution is 0.0985. The Balaban J connectivity index is 1.41. The van der Waals surface area contributed by atoms with Crippen LogP contribution in [0.15, 0.2) is 36.7 Å². The largest absolute Gasteiger partial charge is 0.326 e. The maximum absolute atomic E-state index is 12.9. The summed E-state index contributed by atoms with van der Waals surface area (Å²) in [6.07, 6.45) is 4.25. The van der Waals surface area contributed by atoms with Crippen molar-refractivity contribution in [2.75, 3.05) is 18.0 Å². The molecular weight excluding hydrogens is 434 g/mol. The van der Waals surface area contributed by atoms with Gasteiger partial charge in [0.15, 0.2) is 10.9 Å². The number of carbonyl (C=O) groups excluding carboxylic acids is 2. The summed E-state index contributed by atoms with van der Waals surface area (Å²) in [5.41, 5.74) is 3.26. The van der Waals surface area contributed by atoms with Crippen molar-refractivity contribution in [3.8, 4) is 0 Å². The Morgan fingerprint density at radius 2 is 2.03 bits per heavy atom. The smallest absolute Gasteiger partial charge is 0.318 e. The lowest BCUT2D eigenvalue weighted by Crippen LogP contribution is -2.31. The molecule has 0 saturated carbocycles. The summed E-state index contributed by atoms with van der Waals surface area (Å²) in [4.78, 5) is 42.7. The number of carbonyl (C=O) groups is 2. The van der Waals surface area contributed by atoms with Gasteiger partial charge >= 0.3 is 6.03 Å². The first-order valence-corrected chi connectivity index (χ1v) is 11.2. The van der Waals surface area contributed by atoms with Crippen LogP contribution in [0.3, 0.4) is 0 Å². The van der Waals surface area contributed by atoms with E-state index in [1.54, 1.807) is 22.2 Å². The Morgan fingerprint density at radius 1 is 1.19 bits per heavy atom. The van der Waals surface area contributed by atoms with Gasteiger partial charge in [-0.15, -0.1) is 0 Å². The highest BCUT2D eigenvalue weighted by Gasteiger charge is 2.32. The fourth-order valence-electron chi connectivity index (χ4n) is 3.42. The third-order valence-electron chi connectivity index (χ3n) is 5.07. The maximum Gasteiger partial charge on any atom is 0.326 e. The average Bonchev–Trinajstić information content (AvgIpc) is 3.30. The van der Waals surface area contributed by atoms with Gasteiger partial charge in [-0.05, 0) is 38.0 Å². The fraction of sp³-hybridized carbons (Fsp3) is 0.318. The molecule has 4 rings (SSSR count). The van der Waals surface area contributed by atoms with Gasteiger partial charge in [0, 0.05) is 43.5 Å². The number of nitrogens with zero attached hydrogens (tertiary/aromatic N) is 5. The van der Waals surface area contributed by atoms with Crippen molar-refractivity contribution in [2.45, 2.75) is 33.2 Å². The zero-order valence-corrected chi connectivity index (χ0v) is 18.9. The fourth-order valence-corrected chi connectivity index (χ4v) is 4.69. The zero-order chi connectivity index (χ0) is 22.0. The number of Topliss-reactive ketones (excluding diaryl/α,β-unsaturated/α-hetero) is 1. The van der Waals surface area contributed by atoms with Gasteiger partial charge in [0.25, 0.3) is 0 Å². The minimum absolute atomic E-state index is 0.00561. The number of halogens is 1. The molecule has 1 fully saturated rings. The van der Waals surface area contributed by atoms with E-state index in [9.17, 15) is 9.59 Å². The van der Waals surface area contributed by atoms with Crippen LogP contribution in [0.2, 0.25) is 5.02 Å². The summed E-state index contributed by atoms with van der Waals surface area (Å²) < 4.78 is 0. The molecule has 2 amide bonds. The van der Waals surface area contributed by atoms with Gasteiger partial charge < -0.3 is 4.90 Å². The van der Waals surface area contributed by atoms with Gasteiger partial charge in [0.2, 0.25) is 0 Å². The van der Waals surface area contributed by atoms with Crippen LogP contribution >= 0.6 is 22.9 Å². The topological polar surface area (TPSA) is 79.3 Å². The minimum Gasteiger partial charge on any atom is -0.318 e. The Bertz CT molecular complexity index is 1120. The number of benzene rings is 1. The van der Waals surface area contributed by atoms with Gasteiger partial charge in [-0.2, -0.15) is 0 Å². The van der Waals surface area contributed by atoms with E-state index in [-0.39, 0.29) is 11.8 Å². The van der Waals surface area contributed by atoms with E-state index in [1.807, 2.05) is 38.1 Å². The van der Waals surface area contributed by atoms with Crippen molar-refractivity contribution in [3.05, 3.63) is 69.2 Å². The molecule has 1 aromatic carbocycles. The van der Waals surface area contributed by atoms with E-state index in [0.29, 0.717) is 53.2 Å². The maximum atomic E-state index is 12.9. The summed E-state index contributed by atoms with van der Waals surface area (Å²) in [6, 6.07) is 7.39. The van der Waals surface area contributed by atoms with Crippen molar-refractivity contribution in [3.63, 3.8) is 0 Å². The third-order valence-corrected chi connectivity index (χ3v) is 6.53. The number of urea groups is 1. The van der Waals surface area contributed by atoms with E-state index < -0.39 is 0 Å². The highest BCUT2D eigenvalue weighted by molar-refractivity contribution is 7.17. The summed E-state index contributed by atoms with van der Waals surface area (Å²) in [6.45, 7) is 5.31. The molecule has 3 heterocycles. The molecule has 1 aliphatic heterocycles. The summed E-state index contributed by atoms with van der Waals surface area (Å²) in [7, 11) is 0. The Kier molecular flexibility index (Phi) is 6.29. The van der Waals surface area contributed by atoms with Crippen molar-refractivity contribution >= 4 is 39.9 Å². The standard InChI is InChI=1S/C22H22ClN5O2S/c1-14-11-25-18(12-24-14)6-7-19(29)20-15(2)26-21(31-20)28-9-8-27(22(28)30)13-16-4-3-5-17(23)10-16/h3-5,10-12H,6-9,13H2,1-2H3. The van der Waals surface area contributed by atoms with Crippen LogP contribution in [0.25, 0.3) is 0 Å². The van der Waals surface area contributed by atoms with Crippen LogP contribution in [-0.2, 0) is 13.0 Å². The Labute approximate surface area is 189 Å². The van der Waals surface area contributed by atoms with Crippen LogP contribution in [0.5, 0.6) is 0 Å². The molecule has 0 radical (unpaired) electrons. The van der Waals surface area contributed by atoms with Crippen molar-refractivity contribution in [1.82, 2.24) is 19.9 Å². The third kappa shape index (κ3) is 4.91. The second-order valence-electron chi connectivity index (χ2n) is 7.47. The summed E-state index contributed by atoms with van der Waals surface area (Å²) in [5, 5.41) is 1.21. The van der Waals surface area contributed by atoms with E-state index >= 15 is 0 Å². The molecule has 1 saturated heterocycles. The molecule has 0 bridgehead atoms.